The standard InChI is InChI=1S/C14H19NO/c1-2-11-8-9-12(14(11)16)10-15-13-6-4-3-5-7-13/h3-7,11-12,15H,2,8-10H2,1H3. The van der Waals surface area contributed by atoms with Gasteiger partial charge in [-0.3, -0.25) is 4.79 Å². The summed E-state index contributed by atoms with van der Waals surface area (Å²) in [7, 11) is 0. The number of hydrogen-bond donors (Lipinski definition) is 1. The molecule has 0 heterocycles. The fourth-order valence-electron chi connectivity index (χ4n) is 2.43. The van der Waals surface area contributed by atoms with Crippen LogP contribution in [0.3, 0.4) is 0 Å². The third kappa shape index (κ3) is 2.43. The van der Waals surface area contributed by atoms with Crippen molar-refractivity contribution in [3.05, 3.63) is 30.3 Å². The van der Waals surface area contributed by atoms with Gasteiger partial charge in [0.1, 0.15) is 5.78 Å². The summed E-state index contributed by atoms with van der Waals surface area (Å²) in [6, 6.07) is 10.1. The summed E-state index contributed by atoms with van der Waals surface area (Å²) in [4.78, 5) is 11.9. The normalized spacial score (nSPS) is 24.7. The van der Waals surface area contributed by atoms with Crippen molar-refractivity contribution in [1.82, 2.24) is 0 Å². The third-order valence-corrected chi connectivity index (χ3v) is 3.49. The van der Waals surface area contributed by atoms with Crippen molar-refractivity contribution in [1.29, 1.82) is 0 Å². The summed E-state index contributed by atoms with van der Waals surface area (Å²) < 4.78 is 0. The van der Waals surface area contributed by atoms with Gasteiger partial charge in [0.15, 0.2) is 0 Å². The molecule has 0 saturated heterocycles. The van der Waals surface area contributed by atoms with Gasteiger partial charge in [-0.1, -0.05) is 25.1 Å². The number of rotatable bonds is 4. The molecule has 0 bridgehead atoms. The lowest BCUT2D eigenvalue weighted by molar-refractivity contribution is -0.123. The maximum atomic E-state index is 11.9. The van der Waals surface area contributed by atoms with E-state index in [0.29, 0.717) is 11.7 Å². The summed E-state index contributed by atoms with van der Waals surface area (Å²) in [5.74, 6) is 1.01. The van der Waals surface area contributed by atoms with Crippen LogP contribution in [0.15, 0.2) is 30.3 Å². The molecule has 0 spiro atoms. The summed E-state index contributed by atoms with van der Waals surface area (Å²) >= 11 is 0. The SMILES string of the molecule is CCC1CCC(CNc2ccccc2)C1=O. The Balaban J connectivity index is 1.86. The van der Waals surface area contributed by atoms with Crippen molar-refractivity contribution in [2.24, 2.45) is 11.8 Å². The smallest absolute Gasteiger partial charge is 0.140 e. The lowest BCUT2D eigenvalue weighted by Gasteiger charge is -2.11. The first-order valence-electron chi connectivity index (χ1n) is 6.14. The second kappa shape index (κ2) is 5.15. The largest absolute Gasteiger partial charge is 0.384 e. The zero-order valence-electron chi connectivity index (χ0n) is 9.78. The van der Waals surface area contributed by atoms with Crippen molar-refractivity contribution in [2.75, 3.05) is 11.9 Å². The van der Waals surface area contributed by atoms with Gasteiger partial charge in [-0.2, -0.15) is 0 Å². The molecule has 0 radical (unpaired) electrons. The van der Waals surface area contributed by atoms with Crippen molar-refractivity contribution in [2.45, 2.75) is 26.2 Å². The van der Waals surface area contributed by atoms with Gasteiger partial charge in [0.25, 0.3) is 0 Å². The first-order valence-corrected chi connectivity index (χ1v) is 6.14. The summed E-state index contributed by atoms with van der Waals surface area (Å²) in [5.41, 5.74) is 1.11. The lowest BCUT2D eigenvalue weighted by atomic mass is 10.0. The Bertz CT molecular complexity index is 347. The molecular weight excluding hydrogens is 198 g/mol. The maximum absolute atomic E-state index is 11.9. The second-order valence-corrected chi connectivity index (χ2v) is 4.53. The zero-order chi connectivity index (χ0) is 11.4. The first-order chi connectivity index (χ1) is 7.81. The monoisotopic (exact) mass is 217 g/mol. The minimum absolute atomic E-state index is 0.227. The molecule has 1 fully saturated rings. The van der Waals surface area contributed by atoms with Crippen LogP contribution < -0.4 is 5.32 Å². The quantitative estimate of drug-likeness (QED) is 0.839. The molecule has 0 amide bonds. The van der Waals surface area contributed by atoms with Crippen molar-refractivity contribution in [3.63, 3.8) is 0 Å². The van der Waals surface area contributed by atoms with Crippen LogP contribution in [0.5, 0.6) is 0 Å². The minimum Gasteiger partial charge on any atom is -0.384 e. The first kappa shape index (κ1) is 11.2. The van der Waals surface area contributed by atoms with E-state index < -0.39 is 0 Å². The highest BCUT2D eigenvalue weighted by Crippen LogP contribution is 2.29. The molecule has 2 rings (SSSR count). The molecule has 1 N–H and O–H groups in total. The van der Waals surface area contributed by atoms with Crippen molar-refractivity contribution in [3.8, 4) is 0 Å². The third-order valence-electron chi connectivity index (χ3n) is 3.49. The fourth-order valence-corrected chi connectivity index (χ4v) is 2.43. The molecule has 86 valence electrons. The van der Waals surface area contributed by atoms with E-state index in [-0.39, 0.29) is 5.92 Å². The van der Waals surface area contributed by atoms with Gasteiger partial charge >= 0.3 is 0 Å². The lowest BCUT2D eigenvalue weighted by Crippen LogP contribution is -2.21. The molecule has 1 aliphatic rings. The van der Waals surface area contributed by atoms with E-state index in [4.69, 9.17) is 0 Å². The van der Waals surface area contributed by atoms with E-state index in [1.165, 1.54) is 0 Å². The molecule has 0 aliphatic heterocycles. The Morgan fingerprint density at radius 2 is 1.88 bits per heavy atom. The highest BCUT2D eigenvalue weighted by atomic mass is 16.1. The number of carbonyl (C=O) groups excluding carboxylic acids is 1. The molecular formula is C14H19NO. The van der Waals surface area contributed by atoms with Crippen LogP contribution in [0, 0.1) is 11.8 Å². The van der Waals surface area contributed by atoms with Gasteiger partial charge in [-0.25, -0.2) is 0 Å². The molecule has 1 aromatic rings. The van der Waals surface area contributed by atoms with Crippen LogP contribution in [-0.4, -0.2) is 12.3 Å². The molecule has 1 saturated carbocycles. The number of carbonyl (C=O) groups is 1. The van der Waals surface area contributed by atoms with Gasteiger partial charge in [0.05, 0.1) is 0 Å². The molecule has 1 aromatic carbocycles. The van der Waals surface area contributed by atoms with Crippen molar-refractivity contribution < 1.29 is 4.79 Å². The van der Waals surface area contributed by atoms with Crippen molar-refractivity contribution >= 4 is 11.5 Å². The highest BCUT2D eigenvalue weighted by Gasteiger charge is 2.32. The van der Waals surface area contributed by atoms with Gasteiger partial charge in [0, 0.05) is 24.1 Å². The topological polar surface area (TPSA) is 29.1 Å². The van der Waals surface area contributed by atoms with E-state index >= 15 is 0 Å². The number of benzene rings is 1. The van der Waals surface area contributed by atoms with E-state index in [0.717, 1.165) is 31.5 Å². The van der Waals surface area contributed by atoms with E-state index in [9.17, 15) is 4.79 Å². The van der Waals surface area contributed by atoms with Gasteiger partial charge in [-0.15, -0.1) is 0 Å². The number of ketones is 1. The average Bonchev–Trinajstić information content (AvgIpc) is 2.69. The van der Waals surface area contributed by atoms with Crippen LogP contribution in [-0.2, 0) is 4.79 Å². The van der Waals surface area contributed by atoms with E-state index in [1.54, 1.807) is 0 Å². The van der Waals surface area contributed by atoms with Crippen LogP contribution in [0.2, 0.25) is 0 Å². The summed E-state index contributed by atoms with van der Waals surface area (Å²) in [5, 5.41) is 3.34. The molecule has 2 atom stereocenters. The summed E-state index contributed by atoms with van der Waals surface area (Å²) in [6.45, 7) is 2.90. The number of para-hydroxylation sites is 1. The Morgan fingerprint density at radius 1 is 1.19 bits per heavy atom. The molecule has 0 aromatic heterocycles. The fraction of sp³-hybridized carbons (Fsp3) is 0.500. The second-order valence-electron chi connectivity index (χ2n) is 4.53. The molecule has 2 unspecified atom stereocenters. The Labute approximate surface area is 97.1 Å². The Kier molecular flexibility index (Phi) is 3.60. The van der Waals surface area contributed by atoms with Crippen LogP contribution in [0.25, 0.3) is 0 Å². The zero-order valence-corrected chi connectivity index (χ0v) is 9.78. The van der Waals surface area contributed by atoms with E-state index in [1.807, 2.05) is 30.3 Å². The number of hydrogen-bond acceptors (Lipinski definition) is 2. The number of Topliss-reactive ketones (excluding diaryl/α,β-unsaturated/α-hetero) is 1. The molecule has 16 heavy (non-hydrogen) atoms. The summed E-state index contributed by atoms with van der Waals surface area (Å²) in [6.07, 6.45) is 3.13. The maximum Gasteiger partial charge on any atom is 0.140 e. The van der Waals surface area contributed by atoms with Gasteiger partial charge < -0.3 is 5.32 Å². The van der Waals surface area contributed by atoms with Gasteiger partial charge in [0.2, 0.25) is 0 Å². The Morgan fingerprint density at radius 3 is 2.50 bits per heavy atom. The molecule has 1 aliphatic carbocycles. The average molecular weight is 217 g/mol. The van der Waals surface area contributed by atoms with E-state index in [2.05, 4.69) is 12.2 Å². The van der Waals surface area contributed by atoms with Crippen LogP contribution in [0.1, 0.15) is 26.2 Å². The molecule has 2 heteroatoms. The number of anilines is 1. The minimum atomic E-state index is 0.227. The van der Waals surface area contributed by atoms with Crippen LogP contribution >= 0.6 is 0 Å². The highest BCUT2D eigenvalue weighted by molar-refractivity contribution is 5.85. The number of nitrogens with one attached hydrogen (secondary N) is 1. The van der Waals surface area contributed by atoms with Gasteiger partial charge in [-0.05, 0) is 31.4 Å². The predicted molar refractivity (Wildman–Crippen MR) is 66.4 cm³/mol. The van der Waals surface area contributed by atoms with Crippen LogP contribution in [0.4, 0.5) is 5.69 Å². The Hall–Kier alpha value is -1.31. The molecule has 2 nitrogen and oxygen atoms in total. The predicted octanol–water partition coefficient (Wildman–Crippen LogP) is 3.10.